The van der Waals surface area contributed by atoms with Gasteiger partial charge in [0.15, 0.2) is 11.4 Å². The van der Waals surface area contributed by atoms with Crippen LogP contribution in [0, 0.1) is 20.8 Å². The molecule has 5 heteroatoms. The molecule has 0 aliphatic carbocycles. The zero-order chi connectivity index (χ0) is 52.2. The summed E-state index contributed by atoms with van der Waals surface area (Å²) in [5.41, 5.74) is 20.5. The number of hydrogen-bond donors (Lipinski definition) is 0. The first-order chi connectivity index (χ1) is 36.5. The molecule has 380 valence electrons. The number of hydrogen-bond acceptors (Lipinski definition) is 0. The highest BCUT2D eigenvalue weighted by molar-refractivity contribution is 6.61. The van der Waals surface area contributed by atoms with E-state index in [-0.39, 0.29) is 0 Å². The van der Waals surface area contributed by atoms with Crippen LogP contribution in [0.3, 0.4) is 0 Å². The van der Waals surface area contributed by atoms with E-state index >= 15 is 8.63 Å². The third kappa shape index (κ3) is 10.1. The molecule has 7 aromatic carbocycles. The fourth-order valence-corrected chi connectivity index (χ4v) is 11.5. The van der Waals surface area contributed by atoms with Crippen LogP contribution in [0.1, 0.15) is 146 Å². The van der Waals surface area contributed by atoms with Crippen LogP contribution in [0.2, 0.25) is 0 Å². The van der Waals surface area contributed by atoms with Crippen LogP contribution in [-0.4, -0.2) is 21.6 Å². The van der Waals surface area contributed by atoms with Gasteiger partial charge in [0.25, 0.3) is 0 Å². The van der Waals surface area contributed by atoms with Crippen molar-refractivity contribution >= 4 is 29.4 Å². The molecule has 0 radical (unpaired) electrons. The van der Waals surface area contributed by atoms with Gasteiger partial charge in [-0.15, -0.1) is 0 Å². The summed E-state index contributed by atoms with van der Waals surface area (Å²) >= 11 is 0. The molecule has 0 amide bonds. The zero-order valence-electron chi connectivity index (χ0n) is 45.4. The Hall–Kier alpha value is -7.11. The van der Waals surface area contributed by atoms with Gasteiger partial charge < -0.3 is 17.6 Å². The van der Waals surface area contributed by atoms with E-state index in [4.69, 9.17) is 0 Å². The third-order valence-corrected chi connectivity index (χ3v) is 15.7. The van der Waals surface area contributed by atoms with Crippen molar-refractivity contribution in [3.8, 4) is 33.5 Å². The fraction of sp³-hybridized carbons (Fsp3) is 0.271. The highest BCUT2D eigenvalue weighted by Crippen LogP contribution is 2.57. The highest BCUT2D eigenvalue weighted by Gasteiger charge is 2.60. The van der Waals surface area contributed by atoms with Gasteiger partial charge in [0, 0.05) is 28.1 Å². The first kappa shape index (κ1) is 51.4. The molecule has 3 heterocycles. The minimum atomic E-state index is -4.69. The minimum Gasteiger partial charge on any atom is -0.389 e. The Morgan fingerprint density at radius 1 is 0.347 bits per heavy atom. The number of rotatable bonds is 19. The van der Waals surface area contributed by atoms with Gasteiger partial charge in [0.05, 0.1) is 16.7 Å². The number of halogens is 2. The first-order valence-electron chi connectivity index (χ1n) is 28.1. The molecular weight excluding hydrogens is 918 g/mol. The molecule has 0 bridgehead atoms. The lowest BCUT2D eigenvalue weighted by Gasteiger charge is -2.35. The summed E-state index contributed by atoms with van der Waals surface area (Å²) in [4.78, 5) is 0. The van der Waals surface area contributed by atoms with Crippen LogP contribution in [0.5, 0.6) is 0 Å². The largest absolute Gasteiger partial charge is 0.738 e. The molecule has 0 spiro atoms. The summed E-state index contributed by atoms with van der Waals surface area (Å²) in [6, 6.07) is 60.3. The summed E-state index contributed by atoms with van der Waals surface area (Å²) in [7, 11) is 0. The average molecular weight is 991 g/mol. The molecule has 0 atom stereocenters. The van der Waals surface area contributed by atoms with Crippen molar-refractivity contribution in [1.82, 2.24) is 4.48 Å². The molecule has 0 saturated heterocycles. The Labute approximate surface area is 446 Å². The van der Waals surface area contributed by atoms with Gasteiger partial charge in [-0.25, -0.2) is 0 Å². The van der Waals surface area contributed by atoms with E-state index < -0.39 is 6.97 Å². The van der Waals surface area contributed by atoms with Crippen molar-refractivity contribution in [2.24, 2.45) is 0 Å². The summed E-state index contributed by atoms with van der Waals surface area (Å²) in [5, 5.41) is 0. The van der Waals surface area contributed by atoms with E-state index in [9.17, 15) is 0 Å². The molecule has 2 aliphatic heterocycles. The molecule has 8 aromatic rings. The molecule has 2 aliphatic rings. The third-order valence-electron chi connectivity index (χ3n) is 15.7. The number of unbranched alkanes of at least 4 members (excludes halogenated alkanes) is 4. The number of nitrogens with zero attached hydrogens (tertiary/aromatic N) is 2. The maximum atomic E-state index is 20.3. The van der Waals surface area contributed by atoms with Crippen LogP contribution in [0.25, 0.3) is 50.2 Å². The number of aryl methyl sites for hydroxylation is 7. The molecule has 10 rings (SSSR count). The smallest absolute Gasteiger partial charge is 0.389 e. The number of fused-ring (bicyclic) bond motifs is 2. The lowest BCUT2D eigenvalue weighted by Crippen LogP contribution is -2.52. The van der Waals surface area contributed by atoms with Gasteiger partial charge in [-0.1, -0.05) is 228 Å². The lowest BCUT2D eigenvalue weighted by atomic mass is 9.81. The van der Waals surface area contributed by atoms with E-state index in [0.717, 1.165) is 161 Å². The van der Waals surface area contributed by atoms with Crippen molar-refractivity contribution in [1.29, 1.82) is 0 Å². The number of allylic oxidation sites excluding steroid dienone is 2. The summed E-state index contributed by atoms with van der Waals surface area (Å²) in [5.74, 6) is 0. The second-order valence-corrected chi connectivity index (χ2v) is 21.4. The van der Waals surface area contributed by atoms with E-state index in [1.807, 2.05) is 0 Å². The fourth-order valence-electron chi connectivity index (χ4n) is 11.5. The molecule has 2 nitrogen and oxygen atoms in total. The van der Waals surface area contributed by atoms with Crippen LogP contribution >= 0.6 is 0 Å². The second-order valence-electron chi connectivity index (χ2n) is 21.4. The van der Waals surface area contributed by atoms with Gasteiger partial charge in [-0.2, -0.15) is 0 Å². The maximum absolute atomic E-state index is 20.3. The maximum Gasteiger partial charge on any atom is 0.738 e. The van der Waals surface area contributed by atoms with E-state index in [1.165, 1.54) is 31.2 Å². The van der Waals surface area contributed by atoms with Crippen molar-refractivity contribution in [2.75, 3.05) is 0 Å². The Morgan fingerprint density at radius 3 is 1.05 bits per heavy atom. The Bertz CT molecular complexity index is 3390. The predicted octanol–water partition coefficient (Wildman–Crippen LogP) is 18.9. The Kier molecular flexibility index (Phi) is 15.3. The van der Waals surface area contributed by atoms with Gasteiger partial charge in [0.1, 0.15) is 0 Å². The minimum absolute atomic E-state index is 0.525. The molecule has 0 saturated carbocycles. The second kappa shape index (κ2) is 22.4. The topological polar surface area (TPSA) is 7.94 Å². The van der Waals surface area contributed by atoms with Crippen molar-refractivity contribution in [2.45, 2.75) is 126 Å². The van der Waals surface area contributed by atoms with E-state index in [0.29, 0.717) is 22.8 Å². The van der Waals surface area contributed by atoms with E-state index in [2.05, 4.69) is 218 Å². The molecule has 0 N–H and O–H groups in total. The molecule has 0 fully saturated rings. The molecule has 0 unspecified atom stereocenters. The van der Waals surface area contributed by atoms with Gasteiger partial charge in [-0.3, -0.25) is 0 Å². The predicted molar refractivity (Wildman–Crippen MR) is 316 cm³/mol. The van der Waals surface area contributed by atoms with E-state index in [1.54, 1.807) is 0 Å². The van der Waals surface area contributed by atoms with Gasteiger partial charge in [0.2, 0.25) is 0 Å². The van der Waals surface area contributed by atoms with Gasteiger partial charge in [-0.05, 0) is 140 Å². The van der Waals surface area contributed by atoms with Gasteiger partial charge >= 0.3 is 6.97 Å². The normalized spacial score (nSPS) is 14.0. The van der Waals surface area contributed by atoms with Crippen LogP contribution in [0.15, 0.2) is 176 Å². The average Bonchev–Trinajstić information content (AvgIpc) is 4.17. The Balaban J connectivity index is 1.42. The van der Waals surface area contributed by atoms with Crippen LogP contribution in [0.4, 0.5) is 8.63 Å². The molecule has 1 aromatic heterocycles. The zero-order valence-corrected chi connectivity index (χ0v) is 45.4. The number of benzene rings is 7. The summed E-state index contributed by atoms with van der Waals surface area (Å²) in [6.07, 6.45) is 12.5. The monoisotopic (exact) mass is 991 g/mol. The van der Waals surface area contributed by atoms with Crippen molar-refractivity contribution < 1.29 is 13.1 Å². The lowest BCUT2D eigenvalue weighted by molar-refractivity contribution is -0.358. The van der Waals surface area contributed by atoms with Crippen LogP contribution < -0.4 is 0 Å². The molecular formula is C70H73BF2N2. The van der Waals surface area contributed by atoms with Crippen molar-refractivity contribution in [3.63, 3.8) is 0 Å². The number of aromatic nitrogens is 1. The Morgan fingerprint density at radius 2 is 0.653 bits per heavy atom. The molecule has 75 heavy (non-hydrogen) atoms. The van der Waals surface area contributed by atoms with Crippen LogP contribution in [-0.2, 0) is 25.7 Å². The van der Waals surface area contributed by atoms with Crippen molar-refractivity contribution in [3.05, 3.63) is 242 Å². The summed E-state index contributed by atoms with van der Waals surface area (Å²) in [6.45, 7) is 10.5. The summed E-state index contributed by atoms with van der Waals surface area (Å²) < 4.78 is 43.6. The first-order valence-corrected chi connectivity index (χ1v) is 28.1. The quantitative estimate of drug-likeness (QED) is 0.0714. The standard InChI is InChI=1S/C70H73BF2N2/c1-8-12-16-51-26-40-57(41-27-51)62-64(55-34-20-48(5)21-35-55)69-66(59-38-24-50(7)25-39-59)70-65(56-36-22-49(6)23-37-56)63(58-42-28-52(29-43-58)17-13-9-2)68(61-46-32-54(33-47-61)19-15-11-4)75(70)71(72,73)74(69)67(62)60-44-30-53(31-45-60)18-14-10-3/h20-47H,8-19H2,1-7H3. The SMILES string of the molecule is CCCCc1ccc(C2=C(c3ccc(C)cc3)C3=C(c4ccc(C)cc4)c4c(-c5ccc(C)cc5)c(-c5ccc(CCCC)cc5)c(-c5ccc(CCCC)cc5)n4[B-](F)(F)[N+]3=C2c2ccc(CCCC)cc2)cc1. The highest BCUT2D eigenvalue weighted by atomic mass is 19.2.